The first-order valence-electron chi connectivity index (χ1n) is 13.6. The third-order valence-electron chi connectivity index (χ3n) is 8.32. The molecule has 0 saturated heterocycles. The molecule has 0 radical (unpaired) electrons. The monoisotopic (exact) mass is 542 g/mol. The van der Waals surface area contributed by atoms with Crippen LogP contribution in [0, 0.1) is 0 Å². The van der Waals surface area contributed by atoms with Crippen molar-refractivity contribution in [2.24, 2.45) is 0 Å². The third kappa shape index (κ3) is 3.12. The average Bonchev–Trinajstić information content (AvgIpc) is 3.63. The van der Waals surface area contributed by atoms with Gasteiger partial charge in [0.05, 0.1) is 0 Å². The minimum atomic E-state index is 1.26. The standard InChI is InChI=1S/C38H22S2/c1-2-10-24-21-25(18-17-23(24)9-1)35-27-12-3-5-14-29(27)36(30-15-6-4-13-28(30)35)37-31-19-20-39-34(31)22-32-26-11-7-8-16-33(26)40-38(32)37/h1-22H. The van der Waals surface area contributed by atoms with E-state index in [0.717, 1.165) is 0 Å². The highest BCUT2D eigenvalue weighted by Gasteiger charge is 2.22. The molecule has 9 aromatic rings. The van der Waals surface area contributed by atoms with Gasteiger partial charge in [0.15, 0.2) is 0 Å². The first kappa shape index (κ1) is 22.3. The number of benzene rings is 7. The van der Waals surface area contributed by atoms with Crippen LogP contribution in [0.4, 0.5) is 0 Å². The van der Waals surface area contributed by atoms with Gasteiger partial charge in [0.25, 0.3) is 0 Å². The van der Waals surface area contributed by atoms with Gasteiger partial charge in [-0.3, -0.25) is 0 Å². The van der Waals surface area contributed by atoms with E-state index in [1.807, 2.05) is 22.7 Å². The van der Waals surface area contributed by atoms with Crippen LogP contribution in [0.1, 0.15) is 0 Å². The molecule has 0 aliphatic heterocycles. The predicted molar refractivity (Wildman–Crippen MR) is 178 cm³/mol. The van der Waals surface area contributed by atoms with E-state index in [9.17, 15) is 0 Å². The van der Waals surface area contributed by atoms with Crippen LogP contribution in [0.5, 0.6) is 0 Å². The summed E-state index contributed by atoms with van der Waals surface area (Å²) in [6.07, 6.45) is 0. The van der Waals surface area contributed by atoms with Crippen LogP contribution in [-0.2, 0) is 0 Å². The Morgan fingerprint density at radius 2 is 1.00 bits per heavy atom. The van der Waals surface area contributed by atoms with Crippen LogP contribution in [0.2, 0.25) is 0 Å². The Bertz CT molecular complexity index is 2380. The van der Waals surface area contributed by atoms with Crippen molar-refractivity contribution < 1.29 is 0 Å². The van der Waals surface area contributed by atoms with Gasteiger partial charge in [-0.05, 0) is 78.7 Å². The first-order valence-corrected chi connectivity index (χ1v) is 15.3. The average molecular weight is 543 g/mol. The Hall–Kier alpha value is -4.50. The van der Waals surface area contributed by atoms with Crippen molar-refractivity contribution >= 4 is 85.2 Å². The quantitative estimate of drug-likeness (QED) is 0.191. The first-order chi connectivity index (χ1) is 19.8. The number of hydrogen-bond acceptors (Lipinski definition) is 2. The van der Waals surface area contributed by atoms with Crippen LogP contribution in [0.25, 0.3) is 84.8 Å². The molecule has 0 bridgehead atoms. The lowest BCUT2D eigenvalue weighted by molar-refractivity contribution is 1.70. The Morgan fingerprint density at radius 1 is 0.375 bits per heavy atom. The zero-order valence-electron chi connectivity index (χ0n) is 21.5. The molecule has 0 amide bonds. The van der Waals surface area contributed by atoms with Crippen LogP contribution in [0.15, 0.2) is 133 Å². The SMILES string of the molecule is c1ccc2cc(-c3c4ccccc4c(-c4c5ccsc5cc5c4sc4ccccc45)c4ccccc34)ccc2c1. The van der Waals surface area contributed by atoms with E-state index in [4.69, 9.17) is 0 Å². The summed E-state index contributed by atoms with van der Waals surface area (Å²) in [6, 6.07) is 47.2. The van der Waals surface area contributed by atoms with E-state index in [1.165, 1.54) is 84.8 Å². The Labute approximate surface area is 239 Å². The number of hydrogen-bond donors (Lipinski definition) is 0. The van der Waals surface area contributed by atoms with E-state index in [1.54, 1.807) is 0 Å². The molecule has 0 aliphatic rings. The minimum Gasteiger partial charge on any atom is -0.144 e. The van der Waals surface area contributed by atoms with Gasteiger partial charge in [0.1, 0.15) is 0 Å². The molecule has 2 heterocycles. The summed E-state index contributed by atoms with van der Waals surface area (Å²) in [4.78, 5) is 0. The maximum absolute atomic E-state index is 2.41. The second-order valence-electron chi connectivity index (χ2n) is 10.5. The molecule has 2 heteroatoms. The summed E-state index contributed by atoms with van der Waals surface area (Å²) >= 11 is 3.76. The molecule has 0 atom stereocenters. The zero-order chi connectivity index (χ0) is 26.2. The summed E-state index contributed by atoms with van der Waals surface area (Å²) in [5.74, 6) is 0. The van der Waals surface area contributed by atoms with E-state index < -0.39 is 0 Å². The Kier molecular flexibility index (Phi) is 4.74. The molecule has 0 fully saturated rings. The van der Waals surface area contributed by atoms with Gasteiger partial charge in [-0.15, -0.1) is 22.7 Å². The lowest BCUT2D eigenvalue weighted by Crippen LogP contribution is -1.91. The van der Waals surface area contributed by atoms with Crippen molar-refractivity contribution in [3.8, 4) is 22.3 Å². The molecule has 0 saturated carbocycles. The van der Waals surface area contributed by atoms with Crippen LogP contribution < -0.4 is 0 Å². The Balaban J connectivity index is 1.49. The molecular formula is C38H22S2. The topological polar surface area (TPSA) is 0 Å². The molecular weight excluding hydrogens is 521 g/mol. The van der Waals surface area contributed by atoms with Gasteiger partial charge in [-0.2, -0.15) is 0 Å². The fourth-order valence-electron chi connectivity index (χ4n) is 6.59. The van der Waals surface area contributed by atoms with Crippen molar-refractivity contribution in [3.05, 3.63) is 133 Å². The molecule has 0 spiro atoms. The van der Waals surface area contributed by atoms with Gasteiger partial charge in [0, 0.05) is 35.8 Å². The highest BCUT2D eigenvalue weighted by atomic mass is 32.1. The molecule has 9 rings (SSSR count). The van der Waals surface area contributed by atoms with Gasteiger partial charge in [0.2, 0.25) is 0 Å². The second-order valence-corrected chi connectivity index (χ2v) is 12.5. The molecule has 2 aromatic heterocycles. The highest BCUT2D eigenvalue weighted by Crippen LogP contribution is 2.51. The fourth-order valence-corrected chi connectivity index (χ4v) is 8.67. The number of fused-ring (bicyclic) bond motifs is 7. The van der Waals surface area contributed by atoms with Crippen molar-refractivity contribution in [3.63, 3.8) is 0 Å². The molecule has 0 aliphatic carbocycles. The van der Waals surface area contributed by atoms with Crippen molar-refractivity contribution in [2.45, 2.75) is 0 Å². The van der Waals surface area contributed by atoms with E-state index in [-0.39, 0.29) is 0 Å². The third-order valence-corrected chi connectivity index (χ3v) is 10.4. The molecule has 40 heavy (non-hydrogen) atoms. The highest BCUT2D eigenvalue weighted by molar-refractivity contribution is 7.26. The van der Waals surface area contributed by atoms with Crippen molar-refractivity contribution in [2.75, 3.05) is 0 Å². The van der Waals surface area contributed by atoms with Crippen molar-refractivity contribution in [1.29, 1.82) is 0 Å². The molecule has 186 valence electrons. The Morgan fingerprint density at radius 3 is 1.75 bits per heavy atom. The summed E-state index contributed by atoms with van der Waals surface area (Å²) in [5, 5.41) is 14.0. The van der Waals surface area contributed by atoms with Gasteiger partial charge >= 0.3 is 0 Å². The molecule has 7 aromatic carbocycles. The fraction of sp³-hybridized carbons (Fsp3) is 0. The lowest BCUT2D eigenvalue weighted by Gasteiger charge is -2.19. The van der Waals surface area contributed by atoms with Crippen molar-refractivity contribution in [1.82, 2.24) is 0 Å². The number of rotatable bonds is 2. The summed E-state index contributed by atoms with van der Waals surface area (Å²) in [7, 11) is 0. The van der Waals surface area contributed by atoms with Gasteiger partial charge in [-0.25, -0.2) is 0 Å². The maximum atomic E-state index is 2.41. The number of thiophene rings is 2. The molecule has 0 N–H and O–H groups in total. The largest absolute Gasteiger partial charge is 0.144 e. The summed E-state index contributed by atoms with van der Waals surface area (Å²) < 4.78 is 4.07. The lowest BCUT2D eigenvalue weighted by atomic mass is 9.84. The maximum Gasteiger partial charge on any atom is 0.0441 e. The molecule has 0 nitrogen and oxygen atoms in total. The van der Waals surface area contributed by atoms with E-state index in [2.05, 4.69) is 133 Å². The smallest absolute Gasteiger partial charge is 0.0441 e. The van der Waals surface area contributed by atoms with Gasteiger partial charge in [-0.1, -0.05) is 103 Å². The summed E-state index contributed by atoms with van der Waals surface area (Å²) in [6.45, 7) is 0. The molecule has 0 unspecified atom stereocenters. The van der Waals surface area contributed by atoms with E-state index in [0.29, 0.717) is 0 Å². The van der Waals surface area contributed by atoms with Crippen LogP contribution >= 0.6 is 22.7 Å². The van der Waals surface area contributed by atoms with Gasteiger partial charge < -0.3 is 0 Å². The van der Waals surface area contributed by atoms with Crippen LogP contribution in [-0.4, -0.2) is 0 Å². The second kappa shape index (κ2) is 8.50. The predicted octanol–water partition coefficient (Wildman–Crippen LogP) is 12.1. The normalized spacial score (nSPS) is 12.0. The zero-order valence-corrected chi connectivity index (χ0v) is 23.2. The van der Waals surface area contributed by atoms with Crippen LogP contribution in [0.3, 0.4) is 0 Å². The summed E-state index contributed by atoms with van der Waals surface area (Å²) in [5.41, 5.74) is 5.29. The van der Waals surface area contributed by atoms with E-state index >= 15 is 0 Å². The minimum absolute atomic E-state index is 1.26.